The van der Waals surface area contributed by atoms with E-state index in [1.165, 1.54) is 12.1 Å². The highest BCUT2D eigenvalue weighted by atomic mass is 19.1. The van der Waals surface area contributed by atoms with Crippen LogP contribution in [-0.2, 0) is 11.3 Å². The lowest BCUT2D eigenvalue weighted by Gasteiger charge is -2.27. The van der Waals surface area contributed by atoms with Crippen LogP contribution in [0.15, 0.2) is 36.8 Å². The molecule has 0 aliphatic carbocycles. The molecule has 0 radical (unpaired) electrons. The van der Waals surface area contributed by atoms with Gasteiger partial charge in [-0.1, -0.05) is 0 Å². The van der Waals surface area contributed by atoms with Gasteiger partial charge in [0.05, 0.1) is 18.2 Å². The summed E-state index contributed by atoms with van der Waals surface area (Å²) >= 11 is 0. The van der Waals surface area contributed by atoms with Crippen LogP contribution < -0.4 is 5.32 Å². The number of rotatable bonds is 3. The van der Waals surface area contributed by atoms with Gasteiger partial charge in [0.25, 0.3) is 0 Å². The molecule has 1 aromatic carbocycles. The average Bonchev–Trinajstić information content (AvgIpc) is 2.97. The number of piperazine rings is 1. The fraction of sp³-hybridized carbons (Fsp3) is 0.333. The lowest BCUT2D eigenvalue weighted by Crippen LogP contribution is -2.47. The van der Waals surface area contributed by atoms with Crippen molar-refractivity contribution >= 4 is 5.91 Å². The van der Waals surface area contributed by atoms with Crippen molar-refractivity contribution in [3.63, 3.8) is 0 Å². The van der Waals surface area contributed by atoms with E-state index in [-0.39, 0.29) is 18.3 Å². The van der Waals surface area contributed by atoms with Gasteiger partial charge in [0.2, 0.25) is 5.91 Å². The van der Waals surface area contributed by atoms with Gasteiger partial charge in [-0.3, -0.25) is 4.79 Å². The van der Waals surface area contributed by atoms with Gasteiger partial charge in [0.15, 0.2) is 0 Å². The molecule has 0 spiro atoms. The van der Waals surface area contributed by atoms with Crippen LogP contribution in [0, 0.1) is 5.82 Å². The number of nitrogens with one attached hydrogen (secondary N) is 1. The lowest BCUT2D eigenvalue weighted by molar-refractivity contribution is -0.132. The molecule has 1 amide bonds. The minimum absolute atomic E-state index is 0.0814. The van der Waals surface area contributed by atoms with Crippen molar-refractivity contribution in [2.45, 2.75) is 6.54 Å². The molecule has 1 aliphatic heterocycles. The Morgan fingerprint density at radius 2 is 1.95 bits per heavy atom. The number of hydrogen-bond donors (Lipinski definition) is 1. The fourth-order valence-corrected chi connectivity index (χ4v) is 2.47. The summed E-state index contributed by atoms with van der Waals surface area (Å²) < 4.78 is 14.8. The van der Waals surface area contributed by atoms with Crippen molar-refractivity contribution < 1.29 is 9.18 Å². The van der Waals surface area contributed by atoms with E-state index < -0.39 is 0 Å². The van der Waals surface area contributed by atoms with Crippen molar-refractivity contribution in [2.24, 2.45) is 0 Å². The monoisotopic (exact) mass is 288 g/mol. The number of hydrogen-bond acceptors (Lipinski definition) is 3. The van der Waals surface area contributed by atoms with Crippen molar-refractivity contribution in [3.05, 3.63) is 42.6 Å². The smallest absolute Gasteiger partial charge is 0.242 e. The molecule has 2 aromatic rings. The Hall–Kier alpha value is -2.21. The lowest BCUT2D eigenvalue weighted by atomic mass is 10.1. The van der Waals surface area contributed by atoms with E-state index in [1.807, 2.05) is 4.90 Å². The number of halogens is 1. The predicted octanol–water partition coefficient (Wildman–Crippen LogP) is 1.12. The van der Waals surface area contributed by atoms with Crippen LogP contribution in [0.5, 0.6) is 0 Å². The Balaban J connectivity index is 1.76. The summed E-state index contributed by atoms with van der Waals surface area (Å²) in [6.45, 7) is 3.40. The van der Waals surface area contributed by atoms with E-state index in [9.17, 15) is 9.18 Å². The highest BCUT2D eigenvalue weighted by Crippen LogP contribution is 2.19. The van der Waals surface area contributed by atoms with Crippen LogP contribution in [0.25, 0.3) is 11.3 Å². The van der Waals surface area contributed by atoms with E-state index in [4.69, 9.17) is 0 Å². The summed E-state index contributed by atoms with van der Waals surface area (Å²) in [5, 5.41) is 3.22. The molecule has 6 heteroatoms. The van der Waals surface area contributed by atoms with E-state index in [0.29, 0.717) is 0 Å². The molecule has 0 saturated carbocycles. The van der Waals surface area contributed by atoms with Crippen LogP contribution in [-0.4, -0.2) is 46.5 Å². The normalized spacial score (nSPS) is 15.2. The third kappa shape index (κ3) is 3.11. The first kappa shape index (κ1) is 13.8. The number of carbonyl (C=O) groups is 1. The first-order valence-electron chi connectivity index (χ1n) is 6.98. The molecule has 0 unspecified atom stereocenters. The molecule has 1 saturated heterocycles. The minimum Gasteiger partial charge on any atom is -0.339 e. The largest absolute Gasteiger partial charge is 0.339 e. The standard InChI is InChI=1S/C15H17FN4O/c16-13-3-1-12(2-4-13)14-9-18-11-20(14)10-15(21)19-7-5-17-6-8-19/h1-4,9,11,17H,5-8,10H2. The van der Waals surface area contributed by atoms with Crippen molar-refractivity contribution in [2.75, 3.05) is 26.2 Å². The van der Waals surface area contributed by atoms with E-state index in [0.717, 1.165) is 37.4 Å². The first-order chi connectivity index (χ1) is 10.2. The Morgan fingerprint density at radius 3 is 2.67 bits per heavy atom. The van der Waals surface area contributed by atoms with Crippen molar-refractivity contribution in [1.82, 2.24) is 19.8 Å². The highest BCUT2D eigenvalue weighted by molar-refractivity contribution is 5.77. The van der Waals surface area contributed by atoms with Crippen LogP contribution in [0.1, 0.15) is 0 Å². The highest BCUT2D eigenvalue weighted by Gasteiger charge is 2.17. The summed E-state index contributed by atoms with van der Waals surface area (Å²) in [4.78, 5) is 18.3. The molecule has 2 heterocycles. The average molecular weight is 288 g/mol. The predicted molar refractivity (Wildman–Crippen MR) is 77.1 cm³/mol. The van der Waals surface area contributed by atoms with Crippen molar-refractivity contribution in [1.29, 1.82) is 0 Å². The molecule has 1 aliphatic rings. The summed E-state index contributed by atoms with van der Waals surface area (Å²) in [6, 6.07) is 6.20. The van der Waals surface area contributed by atoms with E-state index in [1.54, 1.807) is 29.2 Å². The molecule has 1 N–H and O–H groups in total. The second kappa shape index (κ2) is 6.05. The second-order valence-electron chi connectivity index (χ2n) is 5.04. The minimum atomic E-state index is -0.276. The van der Waals surface area contributed by atoms with Crippen LogP contribution in [0.2, 0.25) is 0 Å². The van der Waals surface area contributed by atoms with Crippen LogP contribution >= 0.6 is 0 Å². The number of carbonyl (C=O) groups excluding carboxylic acids is 1. The first-order valence-corrected chi connectivity index (χ1v) is 6.98. The Labute approximate surface area is 122 Å². The molecule has 3 rings (SSSR count). The Kier molecular flexibility index (Phi) is 3.96. The third-order valence-corrected chi connectivity index (χ3v) is 3.63. The molecule has 1 fully saturated rings. The van der Waals surface area contributed by atoms with Gasteiger partial charge >= 0.3 is 0 Å². The van der Waals surface area contributed by atoms with Crippen molar-refractivity contribution in [3.8, 4) is 11.3 Å². The van der Waals surface area contributed by atoms with Crippen LogP contribution in [0.4, 0.5) is 4.39 Å². The van der Waals surface area contributed by atoms with Gasteiger partial charge in [-0.25, -0.2) is 9.37 Å². The van der Waals surface area contributed by atoms with Gasteiger partial charge < -0.3 is 14.8 Å². The molecule has 5 nitrogen and oxygen atoms in total. The SMILES string of the molecule is O=C(Cn1cncc1-c1ccc(F)cc1)N1CCNCC1. The summed E-state index contributed by atoms with van der Waals surface area (Å²) in [7, 11) is 0. The molecule has 1 aromatic heterocycles. The topological polar surface area (TPSA) is 50.2 Å². The molecular formula is C15H17FN4O. The Morgan fingerprint density at radius 1 is 1.24 bits per heavy atom. The second-order valence-corrected chi connectivity index (χ2v) is 5.04. The van der Waals surface area contributed by atoms with Crippen LogP contribution in [0.3, 0.4) is 0 Å². The Bertz CT molecular complexity index is 617. The number of imidazole rings is 1. The number of aromatic nitrogens is 2. The summed E-state index contributed by atoms with van der Waals surface area (Å²) in [5.41, 5.74) is 1.67. The molecule has 0 atom stereocenters. The number of nitrogens with zero attached hydrogens (tertiary/aromatic N) is 3. The zero-order valence-electron chi connectivity index (χ0n) is 11.6. The molecular weight excluding hydrogens is 271 g/mol. The van der Waals surface area contributed by atoms with E-state index >= 15 is 0 Å². The third-order valence-electron chi connectivity index (χ3n) is 3.63. The quantitative estimate of drug-likeness (QED) is 0.921. The molecule has 110 valence electrons. The number of benzene rings is 1. The van der Waals surface area contributed by atoms with Gasteiger partial charge in [-0.15, -0.1) is 0 Å². The summed E-state index contributed by atoms with van der Waals surface area (Å²) in [5.74, 6) is -0.195. The zero-order valence-corrected chi connectivity index (χ0v) is 11.6. The maximum Gasteiger partial charge on any atom is 0.242 e. The van der Waals surface area contributed by atoms with Gasteiger partial charge in [0, 0.05) is 26.2 Å². The zero-order chi connectivity index (χ0) is 14.7. The van der Waals surface area contributed by atoms with Gasteiger partial charge in [-0.05, 0) is 29.8 Å². The fourth-order valence-electron chi connectivity index (χ4n) is 2.47. The molecule has 0 bridgehead atoms. The van der Waals surface area contributed by atoms with E-state index in [2.05, 4.69) is 10.3 Å². The van der Waals surface area contributed by atoms with Gasteiger partial charge in [-0.2, -0.15) is 0 Å². The maximum absolute atomic E-state index is 13.0. The number of amides is 1. The molecule has 21 heavy (non-hydrogen) atoms. The maximum atomic E-state index is 13.0. The summed E-state index contributed by atoms with van der Waals surface area (Å²) in [6.07, 6.45) is 3.33. The van der Waals surface area contributed by atoms with Gasteiger partial charge in [0.1, 0.15) is 12.4 Å².